The molecule has 9 rings (SSSR count). The number of carbonyl (C=O) groups is 5. The number of ether oxygens (including phenoxy) is 2. The van der Waals surface area contributed by atoms with Crippen molar-refractivity contribution in [3.8, 4) is 22.6 Å². The van der Waals surface area contributed by atoms with Gasteiger partial charge in [0.25, 0.3) is 17.4 Å². The molecule has 6 heterocycles. The van der Waals surface area contributed by atoms with Gasteiger partial charge in [-0.05, 0) is 119 Å². The highest BCUT2D eigenvalue weighted by molar-refractivity contribution is 6.23. The van der Waals surface area contributed by atoms with Gasteiger partial charge >= 0.3 is 6.03 Å². The highest BCUT2D eigenvalue weighted by Crippen LogP contribution is 2.40. The monoisotopic (exact) mass is 905 g/mol. The van der Waals surface area contributed by atoms with Crippen LogP contribution >= 0.6 is 0 Å². The van der Waals surface area contributed by atoms with Crippen molar-refractivity contribution in [2.45, 2.75) is 70.1 Å². The Kier molecular flexibility index (Phi) is 13.0. The summed E-state index contributed by atoms with van der Waals surface area (Å²) >= 11 is 0. The van der Waals surface area contributed by atoms with Gasteiger partial charge in [-0.2, -0.15) is 0 Å². The molecule has 17 nitrogen and oxygen atoms in total. The quantitative estimate of drug-likeness (QED) is 0.191. The minimum Gasteiger partial charge on any atom is -0.496 e. The third-order valence-electron chi connectivity index (χ3n) is 14.8. The standard InChI is InChI=1S/C49H63N9O8/c1-52(2)27-40-42(65-4)22-30(23-43(40)66-5)38-28-53(3)46(61)39-29-57(15-12-35(38)39)49(64)50-33-20-31-25-55(26-32(31)21-33)14-7-6-13-54-16-18-56(19-17-54)34-8-9-36-37(24-34)48(63)58(47(36)62)41-10-11-44(59)51-45(41)60/h8-9,22-24,28,31-33,41H,6-7,10-21,25-27,29H2,1-5H3,(H,50,64)(H,51,59,60). The molecule has 3 saturated heterocycles. The lowest BCUT2D eigenvalue weighted by Crippen LogP contribution is -2.54. The Hall–Kier alpha value is -5.78. The summed E-state index contributed by atoms with van der Waals surface area (Å²) in [4.78, 5) is 90.1. The maximum atomic E-state index is 13.7. The summed E-state index contributed by atoms with van der Waals surface area (Å²) in [6, 6.07) is 8.45. The van der Waals surface area contributed by atoms with Crippen molar-refractivity contribution in [2.75, 3.05) is 92.1 Å². The minimum absolute atomic E-state index is 0.0813. The Morgan fingerprint density at radius 1 is 0.803 bits per heavy atom. The first-order valence-corrected chi connectivity index (χ1v) is 23.5. The lowest BCUT2D eigenvalue weighted by atomic mass is 9.91. The molecular formula is C49H63N9O8. The number of urea groups is 1. The Bertz CT molecular complexity index is 2440. The van der Waals surface area contributed by atoms with E-state index >= 15 is 0 Å². The van der Waals surface area contributed by atoms with E-state index < -0.39 is 23.8 Å². The number of aromatic nitrogens is 1. The number of aryl methyl sites for hydroxylation is 1. The summed E-state index contributed by atoms with van der Waals surface area (Å²) in [6.45, 7) is 9.14. The van der Waals surface area contributed by atoms with Gasteiger partial charge in [0.05, 0.1) is 37.5 Å². The third-order valence-corrected chi connectivity index (χ3v) is 14.8. The molecule has 0 radical (unpaired) electrons. The topological polar surface area (TPSA) is 169 Å². The number of amides is 6. The predicted molar refractivity (Wildman–Crippen MR) is 248 cm³/mol. The smallest absolute Gasteiger partial charge is 0.317 e. The van der Waals surface area contributed by atoms with Crippen molar-refractivity contribution in [1.82, 2.24) is 39.7 Å². The fraction of sp³-hybridized carbons (Fsp3) is 0.551. The van der Waals surface area contributed by atoms with E-state index in [-0.39, 0.29) is 42.9 Å². The predicted octanol–water partition coefficient (Wildman–Crippen LogP) is 2.91. The van der Waals surface area contributed by atoms with Gasteiger partial charge in [-0.3, -0.25) is 39.1 Å². The van der Waals surface area contributed by atoms with Gasteiger partial charge < -0.3 is 39.0 Å². The SMILES string of the molecule is COc1cc(-c2cn(C)c(=O)c3c2CCN(C(=O)NC2CC4CN(CCCCN5CCN(c6ccc7c(c6)C(=O)N(C6CCC(=O)NC6=O)C7=O)CC5)CC4C2)C3)cc(OC)c1CN(C)C. The maximum absolute atomic E-state index is 13.7. The Morgan fingerprint density at radius 3 is 2.12 bits per heavy atom. The molecule has 3 atom stereocenters. The van der Waals surface area contributed by atoms with E-state index in [1.165, 1.54) is 0 Å². The number of nitrogens with zero attached hydrogens (tertiary/aromatic N) is 7. The van der Waals surface area contributed by atoms with Crippen LogP contribution in [-0.4, -0.2) is 158 Å². The van der Waals surface area contributed by atoms with Crippen LogP contribution < -0.4 is 30.6 Å². The zero-order chi connectivity index (χ0) is 46.4. The number of fused-ring (bicyclic) bond motifs is 3. The van der Waals surface area contributed by atoms with E-state index in [0.29, 0.717) is 48.0 Å². The molecule has 3 aromatic rings. The zero-order valence-corrected chi connectivity index (χ0v) is 38.9. The number of nitrogens with one attached hydrogen (secondary N) is 2. The number of methoxy groups -OCH3 is 2. The van der Waals surface area contributed by atoms with Crippen molar-refractivity contribution in [1.29, 1.82) is 0 Å². The van der Waals surface area contributed by atoms with Crippen LogP contribution in [0.1, 0.15) is 75.9 Å². The van der Waals surface area contributed by atoms with Gasteiger partial charge in [0, 0.05) is 94.9 Å². The molecule has 6 amide bonds. The lowest BCUT2D eigenvalue weighted by Gasteiger charge is -2.36. The first kappa shape index (κ1) is 45.4. The van der Waals surface area contributed by atoms with Gasteiger partial charge in [0.2, 0.25) is 11.8 Å². The van der Waals surface area contributed by atoms with E-state index in [2.05, 4.69) is 30.2 Å². The van der Waals surface area contributed by atoms with Crippen molar-refractivity contribution in [3.05, 3.63) is 74.7 Å². The number of anilines is 1. The molecule has 6 aliphatic rings. The van der Waals surface area contributed by atoms with E-state index in [1.807, 2.05) is 38.5 Å². The van der Waals surface area contributed by atoms with Gasteiger partial charge in [-0.1, -0.05) is 0 Å². The number of hydrogen-bond acceptors (Lipinski definition) is 12. The average Bonchev–Trinajstić information content (AvgIpc) is 3.94. The summed E-state index contributed by atoms with van der Waals surface area (Å²) in [5, 5.41) is 5.60. The molecule has 1 aliphatic carbocycles. The van der Waals surface area contributed by atoms with Crippen LogP contribution in [0.4, 0.5) is 10.5 Å². The molecule has 1 saturated carbocycles. The number of likely N-dealkylation sites (tertiary alicyclic amines) is 1. The Morgan fingerprint density at radius 2 is 1.47 bits per heavy atom. The normalized spacial score (nSPS) is 23.3. The summed E-state index contributed by atoms with van der Waals surface area (Å²) in [5.41, 5.74) is 5.87. The Labute approximate surface area is 385 Å². The van der Waals surface area contributed by atoms with E-state index in [9.17, 15) is 28.8 Å². The third kappa shape index (κ3) is 8.92. The van der Waals surface area contributed by atoms with Crippen LogP contribution in [0.5, 0.6) is 11.5 Å². The molecule has 5 aliphatic heterocycles. The van der Waals surface area contributed by atoms with Gasteiger partial charge in [-0.25, -0.2) is 4.79 Å². The lowest BCUT2D eigenvalue weighted by molar-refractivity contribution is -0.136. The molecular weight excluding hydrogens is 843 g/mol. The Balaban J connectivity index is 0.707. The van der Waals surface area contributed by atoms with Crippen LogP contribution in [0.25, 0.3) is 11.1 Å². The van der Waals surface area contributed by atoms with Crippen LogP contribution in [0, 0.1) is 11.8 Å². The van der Waals surface area contributed by atoms with Gasteiger partial charge in [0.1, 0.15) is 17.5 Å². The molecule has 1 aromatic heterocycles. The molecule has 3 unspecified atom stereocenters. The number of piperazine rings is 1. The van der Waals surface area contributed by atoms with Crippen LogP contribution in [0.2, 0.25) is 0 Å². The first-order valence-electron chi connectivity index (χ1n) is 23.5. The number of pyridine rings is 1. The number of piperidine rings is 1. The summed E-state index contributed by atoms with van der Waals surface area (Å²) in [7, 11) is 9.09. The van der Waals surface area contributed by atoms with E-state index in [1.54, 1.807) is 42.9 Å². The van der Waals surface area contributed by atoms with E-state index in [4.69, 9.17) is 9.47 Å². The summed E-state index contributed by atoms with van der Waals surface area (Å²) in [5.74, 6) is 0.645. The number of carbonyl (C=O) groups excluding carboxylic acids is 5. The van der Waals surface area contributed by atoms with Crippen molar-refractivity contribution >= 4 is 35.3 Å². The summed E-state index contributed by atoms with van der Waals surface area (Å²) < 4.78 is 13.2. The summed E-state index contributed by atoms with van der Waals surface area (Å²) in [6.07, 6.45) is 6.91. The van der Waals surface area contributed by atoms with Crippen LogP contribution in [-0.2, 0) is 36.1 Å². The molecule has 2 aromatic carbocycles. The number of imide groups is 2. The van der Waals surface area contributed by atoms with Crippen LogP contribution in [0.3, 0.4) is 0 Å². The average molecular weight is 906 g/mol. The second-order valence-electron chi connectivity index (χ2n) is 19.3. The second kappa shape index (κ2) is 18.8. The molecule has 2 N–H and O–H groups in total. The highest BCUT2D eigenvalue weighted by Gasteiger charge is 2.45. The first-order chi connectivity index (χ1) is 31.8. The molecule has 66 heavy (non-hydrogen) atoms. The molecule has 352 valence electrons. The molecule has 4 fully saturated rings. The number of rotatable bonds is 13. The molecule has 17 heteroatoms. The molecule has 0 bridgehead atoms. The van der Waals surface area contributed by atoms with Crippen molar-refractivity contribution in [2.24, 2.45) is 18.9 Å². The van der Waals surface area contributed by atoms with Gasteiger partial charge in [-0.15, -0.1) is 0 Å². The number of benzene rings is 2. The second-order valence-corrected chi connectivity index (χ2v) is 19.3. The van der Waals surface area contributed by atoms with Crippen molar-refractivity contribution in [3.63, 3.8) is 0 Å². The van der Waals surface area contributed by atoms with Gasteiger partial charge in [0.15, 0.2) is 0 Å². The molecule has 0 spiro atoms. The van der Waals surface area contributed by atoms with E-state index in [0.717, 1.165) is 122 Å². The minimum atomic E-state index is -0.971. The number of hydrogen-bond donors (Lipinski definition) is 2. The maximum Gasteiger partial charge on any atom is 0.317 e. The fourth-order valence-corrected chi connectivity index (χ4v) is 11.4. The van der Waals surface area contributed by atoms with Crippen molar-refractivity contribution < 1.29 is 33.4 Å². The highest BCUT2D eigenvalue weighted by atomic mass is 16.5. The zero-order valence-electron chi connectivity index (χ0n) is 38.9. The largest absolute Gasteiger partial charge is 0.496 e. The van der Waals surface area contributed by atoms with Crippen LogP contribution in [0.15, 0.2) is 41.3 Å². The number of unbranched alkanes of at least 4 members (excludes halogenated alkanes) is 1. The fourth-order valence-electron chi connectivity index (χ4n) is 11.4.